The molecule has 0 saturated carbocycles. The van der Waals surface area contributed by atoms with Crippen LogP contribution in [0.3, 0.4) is 0 Å². The molecule has 0 N–H and O–H groups in total. The highest BCUT2D eigenvalue weighted by molar-refractivity contribution is 5.68. The number of ether oxygens (including phenoxy) is 1. The summed E-state index contributed by atoms with van der Waals surface area (Å²) in [5, 5.41) is 0. The first-order valence-corrected chi connectivity index (χ1v) is 6.28. The van der Waals surface area contributed by atoms with Crippen LogP contribution in [0.25, 0.3) is 0 Å². The van der Waals surface area contributed by atoms with Crippen LogP contribution in [-0.2, 0) is 9.53 Å². The van der Waals surface area contributed by atoms with Crippen LogP contribution in [0.2, 0.25) is 0 Å². The van der Waals surface area contributed by atoms with Crippen molar-refractivity contribution in [2.45, 2.75) is 38.5 Å². The third-order valence-corrected chi connectivity index (χ3v) is 2.74. The molecule has 0 atom stereocenters. The number of rotatable bonds is 8. The van der Waals surface area contributed by atoms with E-state index in [-0.39, 0.29) is 5.97 Å². The van der Waals surface area contributed by atoms with E-state index in [1.54, 1.807) is 0 Å². The largest absolute Gasteiger partial charge is 0.469 e. The number of carbonyl (C=O) groups excluding carboxylic acids is 1. The molecule has 1 aromatic carbocycles. The maximum Gasteiger partial charge on any atom is 0.305 e. The molecule has 0 aliphatic heterocycles. The molecule has 2 nitrogen and oxygen atoms in total. The van der Waals surface area contributed by atoms with Crippen LogP contribution < -0.4 is 0 Å². The molecule has 0 unspecified atom stereocenters. The van der Waals surface area contributed by atoms with E-state index in [0.717, 1.165) is 19.3 Å². The number of hydrogen-bond donors (Lipinski definition) is 0. The molecule has 0 aliphatic rings. The molecule has 0 bridgehead atoms. The lowest BCUT2D eigenvalue weighted by Gasteiger charge is -2.02. The number of carbonyl (C=O) groups is 1. The van der Waals surface area contributed by atoms with Crippen LogP contribution in [0.4, 0.5) is 0 Å². The van der Waals surface area contributed by atoms with Crippen molar-refractivity contribution in [1.29, 1.82) is 0 Å². The molecule has 0 amide bonds. The van der Waals surface area contributed by atoms with Gasteiger partial charge in [0.05, 0.1) is 7.11 Å². The number of esters is 1. The Bertz CT molecular complexity index is 306. The van der Waals surface area contributed by atoms with Crippen LogP contribution in [-0.4, -0.2) is 13.1 Å². The van der Waals surface area contributed by atoms with Gasteiger partial charge in [-0.3, -0.25) is 4.79 Å². The van der Waals surface area contributed by atoms with Crippen molar-refractivity contribution in [3.05, 3.63) is 42.3 Å². The fraction of sp³-hybridized carbons (Fsp3) is 0.467. The van der Waals surface area contributed by atoms with Crippen LogP contribution in [0.15, 0.2) is 30.3 Å². The molecule has 0 spiro atoms. The number of unbranched alkanes of at least 4 members (excludes halogenated alkanes) is 4. The number of hydrogen-bond acceptors (Lipinski definition) is 2. The van der Waals surface area contributed by atoms with Crippen LogP contribution in [0.5, 0.6) is 0 Å². The van der Waals surface area contributed by atoms with Gasteiger partial charge in [-0.05, 0) is 24.8 Å². The highest BCUT2D eigenvalue weighted by atomic mass is 16.5. The summed E-state index contributed by atoms with van der Waals surface area (Å²) in [5.41, 5.74) is 1.29. The van der Waals surface area contributed by atoms with E-state index in [2.05, 4.69) is 35.4 Å². The van der Waals surface area contributed by atoms with E-state index in [0.29, 0.717) is 6.42 Å². The Morgan fingerprint density at radius 3 is 2.53 bits per heavy atom. The molecule has 0 fully saturated rings. The summed E-state index contributed by atoms with van der Waals surface area (Å²) in [6.45, 7) is 0. The monoisotopic (exact) mass is 233 g/mol. The molecule has 93 valence electrons. The maximum absolute atomic E-state index is 10.9. The Kier molecular flexibility index (Phi) is 7.12. The summed E-state index contributed by atoms with van der Waals surface area (Å²) in [4.78, 5) is 10.9. The summed E-state index contributed by atoms with van der Waals surface area (Å²) < 4.78 is 4.59. The second-order valence-corrected chi connectivity index (χ2v) is 4.14. The van der Waals surface area contributed by atoms with E-state index in [9.17, 15) is 4.79 Å². The van der Waals surface area contributed by atoms with Gasteiger partial charge in [-0.1, -0.05) is 49.6 Å². The van der Waals surface area contributed by atoms with Gasteiger partial charge in [-0.15, -0.1) is 0 Å². The van der Waals surface area contributed by atoms with Gasteiger partial charge in [0.1, 0.15) is 0 Å². The van der Waals surface area contributed by atoms with E-state index < -0.39 is 0 Å². The van der Waals surface area contributed by atoms with Crippen molar-refractivity contribution in [3.63, 3.8) is 0 Å². The second kappa shape index (κ2) is 8.80. The lowest BCUT2D eigenvalue weighted by Crippen LogP contribution is -1.99. The molecular formula is C15H21O2. The topological polar surface area (TPSA) is 26.3 Å². The number of methoxy groups -OCH3 is 1. The van der Waals surface area contributed by atoms with Gasteiger partial charge in [0.25, 0.3) is 0 Å². The minimum Gasteiger partial charge on any atom is -0.469 e. The molecule has 0 heterocycles. The Balaban J connectivity index is 1.93. The molecule has 0 saturated heterocycles. The Hall–Kier alpha value is -1.31. The summed E-state index contributed by atoms with van der Waals surface area (Å²) in [7, 11) is 1.44. The van der Waals surface area contributed by atoms with E-state index in [1.165, 1.54) is 25.5 Å². The fourth-order valence-electron chi connectivity index (χ4n) is 1.73. The lowest BCUT2D eigenvalue weighted by molar-refractivity contribution is -0.140. The molecule has 1 radical (unpaired) electrons. The van der Waals surface area contributed by atoms with Crippen LogP contribution in [0.1, 0.15) is 44.1 Å². The molecular weight excluding hydrogens is 212 g/mol. The fourth-order valence-corrected chi connectivity index (χ4v) is 1.73. The first-order valence-electron chi connectivity index (χ1n) is 6.28. The Labute approximate surface area is 104 Å². The van der Waals surface area contributed by atoms with Gasteiger partial charge >= 0.3 is 5.97 Å². The molecule has 2 heteroatoms. The van der Waals surface area contributed by atoms with Crippen molar-refractivity contribution in [1.82, 2.24) is 0 Å². The molecule has 0 aromatic heterocycles. The van der Waals surface area contributed by atoms with Gasteiger partial charge in [-0.25, -0.2) is 0 Å². The van der Waals surface area contributed by atoms with Gasteiger partial charge in [0.2, 0.25) is 0 Å². The third-order valence-electron chi connectivity index (χ3n) is 2.74. The van der Waals surface area contributed by atoms with E-state index in [4.69, 9.17) is 0 Å². The maximum atomic E-state index is 10.9. The van der Waals surface area contributed by atoms with Gasteiger partial charge in [0.15, 0.2) is 0 Å². The van der Waals surface area contributed by atoms with E-state index in [1.807, 2.05) is 6.07 Å². The molecule has 1 aromatic rings. The normalized spacial score (nSPS) is 10.2. The Morgan fingerprint density at radius 1 is 1.12 bits per heavy atom. The third kappa shape index (κ3) is 6.77. The van der Waals surface area contributed by atoms with Gasteiger partial charge in [-0.2, -0.15) is 0 Å². The lowest BCUT2D eigenvalue weighted by atomic mass is 10.1. The quantitative estimate of drug-likeness (QED) is 0.505. The second-order valence-electron chi connectivity index (χ2n) is 4.14. The SMILES string of the molecule is COC(=O)CCCCCC[CH]c1ccccc1. The zero-order valence-electron chi connectivity index (χ0n) is 10.5. The van der Waals surface area contributed by atoms with Crippen molar-refractivity contribution in [2.24, 2.45) is 0 Å². The van der Waals surface area contributed by atoms with Gasteiger partial charge < -0.3 is 4.74 Å². The number of benzene rings is 1. The molecule has 0 aliphatic carbocycles. The average molecular weight is 233 g/mol. The standard InChI is InChI=1S/C15H21O2/c1-17-15(16)13-9-4-2-3-6-10-14-11-7-5-8-12-14/h5,7-8,10-12H,2-4,6,9,13H2,1H3. The summed E-state index contributed by atoms with van der Waals surface area (Å²) in [6, 6.07) is 10.4. The molecule has 1 rings (SSSR count). The first kappa shape index (κ1) is 13.8. The van der Waals surface area contributed by atoms with Gasteiger partial charge in [0, 0.05) is 6.42 Å². The van der Waals surface area contributed by atoms with Crippen molar-refractivity contribution in [3.8, 4) is 0 Å². The smallest absolute Gasteiger partial charge is 0.305 e. The highest BCUT2D eigenvalue weighted by Gasteiger charge is 1.99. The molecule has 17 heavy (non-hydrogen) atoms. The highest BCUT2D eigenvalue weighted by Crippen LogP contribution is 2.11. The predicted molar refractivity (Wildman–Crippen MR) is 69.6 cm³/mol. The van der Waals surface area contributed by atoms with Crippen molar-refractivity contribution < 1.29 is 9.53 Å². The summed E-state index contributed by atoms with van der Waals surface area (Å²) in [5.74, 6) is -0.0964. The minimum atomic E-state index is -0.0964. The van der Waals surface area contributed by atoms with Crippen molar-refractivity contribution >= 4 is 5.97 Å². The Morgan fingerprint density at radius 2 is 1.82 bits per heavy atom. The zero-order chi connectivity index (χ0) is 12.3. The van der Waals surface area contributed by atoms with Crippen molar-refractivity contribution in [2.75, 3.05) is 7.11 Å². The van der Waals surface area contributed by atoms with Crippen LogP contribution in [0, 0.1) is 6.42 Å². The first-order chi connectivity index (χ1) is 8.33. The summed E-state index contributed by atoms with van der Waals surface area (Å²) >= 11 is 0. The average Bonchev–Trinajstić information content (AvgIpc) is 2.38. The zero-order valence-corrected chi connectivity index (χ0v) is 10.5. The minimum absolute atomic E-state index is 0.0964. The van der Waals surface area contributed by atoms with Crippen LogP contribution >= 0.6 is 0 Å². The van der Waals surface area contributed by atoms with E-state index >= 15 is 0 Å². The summed E-state index contributed by atoms with van der Waals surface area (Å²) in [6.07, 6.45) is 8.35. The predicted octanol–water partition coefficient (Wildman–Crippen LogP) is 3.75.